The Morgan fingerprint density at radius 3 is 2.76 bits per heavy atom. The van der Waals surface area contributed by atoms with E-state index in [2.05, 4.69) is 10.2 Å². The van der Waals surface area contributed by atoms with Gasteiger partial charge in [0.15, 0.2) is 5.65 Å². The SMILES string of the molecule is COc1cccc(-c2nc3[nH]ncc3c(=O)n2C2CCCCCC2)c1. The van der Waals surface area contributed by atoms with Crippen LogP contribution in [0.15, 0.2) is 35.3 Å². The standard InChI is InChI=1S/C19H22N4O2/c1-25-15-10-6-7-13(11-15)18-21-17-16(12-20-22-17)19(24)23(18)14-8-4-2-3-5-9-14/h6-7,10-12,14H,2-5,8-9H2,1H3,(H,20,22). The Morgan fingerprint density at radius 2 is 2.00 bits per heavy atom. The first-order chi connectivity index (χ1) is 12.3. The topological polar surface area (TPSA) is 72.8 Å². The number of hydrogen-bond acceptors (Lipinski definition) is 4. The van der Waals surface area contributed by atoms with Gasteiger partial charge in [-0.15, -0.1) is 0 Å². The van der Waals surface area contributed by atoms with Gasteiger partial charge in [0.25, 0.3) is 5.56 Å². The fourth-order valence-electron chi connectivity index (χ4n) is 3.73. The van der Waals surface area contributed by atoms with Crippen LogP contribution in [0.4, 0.5) is 0 Å². The predicted octanol–water partition coefficient (Wildman–Crippen LogP) is 3.69. The number of aromatic nitrogens is 4. The molecule has 0 bridgehead atoms. The first-order valence-corrected chi connectivity index (χ1v) is 8.88. The van der Waals surface area contributed by atoms with Crippen molar-refractivity contribution < 1.29 is 4.74 Å². The molecule has 0 atom stereocenters. The van der Waals surface area contributed by atoms with Gasteiger partial charge in [-0.2, -0.15) is 5.10 Å². The zero-order chi connectivity index (χ0) is 17.2. The number of ether oxygens (including phenoxy) is 1. The van der Waals surface area contributed by atoms with Crippen molar-refractivity contribution in [2.75, 3.05) is 7.11 Å². The first kappa shape index (κ1) is 15.9. The molecule has 2 heterocycles. The molecule has 2 aromatic heterocycles. The first-order valence-electron chi connectivity index (χ1n) is 8.88. The van der Waals surface area contributed by atoms with Crippen LogP contribution in [0, 0.1) is 0 Å². The lowest BCUT2D eigenvalue weighted by molar-refractivity contribution is 0.414. The van der Waals surface area contributed by atoms with Crippen LogP contribution in [-0.2, 0) is 0 Å². The average Bonchev–Trinajstić information content (AvgIpc) is 2.96. The van der Waals surface area contributed by atoms with Crippen molar-refractivity contribution in [2.45, 2.75) is 44.6 Å². The summed E-state index contributed by atoms with van der Waals surface area (Å²) in [4.78, 5) is 17.9. The van der Waals surface area contributed by atoms with Gasteiger partial charge >= 0.3 is 0 Å². The summed E-state index contributed by atoms with van der Waals surface area (Å²) >= 11 is 0. The van der Waals surface area contributed by atoms with Gasteiger partial charge in [0.05, 0.1) is 13.3 Å². The van der Waals surface area contributed by atoms with Crippen LogP contribution in [-0.4, -0.2) is 26.9 Å². The van der Waals surface area contributed by atoms with Gasteiger partial charge in [-0.05, 0) is 25.0 Å². The average molecular weight is 338 g/mol. The molecule has 1 aliphatic carbocycles. The summed E-state index contributed by atoms with van der Waals surface area (Å²) in [6.07, 6.45) is 8.38. The van der Waals surface area contributed by atoms with E-state index in [4.69, 9.17) is 9.72 Å². The minimum atomic E-state index is -0.0107. The molecule has 1 fully saturated rings. The van der Waals surface area contributed by atoms with E-state index in [0.29, 0.717) is 16.9 Å². The Morgan fingerprint density at radius 1 is 1.20 bits per heavy atom. The summed E-state index contributed by atoms with van der Waals surface area (Å²) < 4.78 is 7.24. The Balaban J connectivity index is 1.94. The fourth-order valence-corrected chi connectivity index (χ4v) is 3.73. The number of rotatable bonds is 3. The summed E-state index contributed by atoms with van der Waals surface area (Å²) in [6.45, 7) is 0. The van der Waals surface area contributed by atoms with Crippen LogP contribution >= 0.6 is 0 Å². The van der Waals surface area contributed by atoms with Gasteiger partial charge in [-0.3, -0.25) is 14.5 Å². The third-order valence-corrected chi connectivity index (χ3v) is 5.03. The Labute approximate surface area is 145 Å². The molecule has 1 aromatic carbocycles. The molecule has 4 rings (SSSR count). The highest BCUT2D eigenvalue weighted by Gasteiger charge is 2.22. The number of H-pyrrole nitrogens is 1. The van der Waals surface area contributed by atoms with Crippen molar-refractivity contribution >= 4 is 11.0 Å². The molecule has 6 heteroatoms. The lowest BCUT2D eigenvalue weighted by Gasteiger charge is -2.21. The zero-order valence-corrected chi connectivity index (χ0v) is 14.4. The molecule has 0 aliphatic heterocycles. The normalized spacial score (nSPS) is 16.0. The van der Waals surface area contributed by atoms with E-state index in [1.165, 1.54) is 12.8 Å². The van der Waals surface area contributed by atoms with E-state index in [9.17, 15) is 4.79 Å². The molecule has 1 aliphatic rings. The maximum Gasteiger partial charge on any atom is 0.265 e. The van der Waals surface area contributed by atoms with E-state index >= 15 is 0 Å². The van der Waals surface area contributed by atoms with E-state index in [-0.39, 0.29) is 11.6 Å². The minimum Gasteiger partial charge on any atom is -0.497 e. The van der Waals surface area contributed by atoms with Crippen LogP contribution in [0.1, 0.15) is 44.6 Å². The monoisotopic (exact) mass is 338 g/mol. The second-order valence-electron chi connectivity index (χ2n) is 6.62. The van der Waals surface area contributed by atoms with Gasteiger partial charge in [0.1, 0.15) is 17.0 Å². The largest absolute Gasteiger partial charge is 0.497 e. The smallest absolute Gasteiger partial charge is 0.265 e. The van der Waals surface area contributed by atoms with Crippen molar-refractivity contribution in [1.82, 2.24) is 19.7 Å². The van der Waals surface area contributed by atoms with Crippen LogP contribution in [0.3, 0.4) is 0 Å². The Kier molecular flexibility index (Phi) is 4.26. The molecule has 130 valence electrons. The molecule has 0 amide bonds. The quantitative estimate of drug-likeness (QED) is 0.739. The molecule has 0 spiro atoms. The third-order valence-electron chi connectivity index (χ3n) is 5.03. The van der Waals surface area contributed by atoms with Crippen molar-refractivity contribution in [3.63, 3.8) is 0 Å². The molecule has 25 heavy (non-hydrogen) atoms. The van der Waals surface area contributed by atoms with Gasteiger partial charge < -0.3 is 4.74 Å². The maximum atomic E-state index is 13.2. The molecule has 6 nitrogen and oxygen atoms in total. The van der Waals surface area contributed by atoms with Crippen molar-refractivity contribution in [1.29, 1.82) is 0 Å². The summed E-state index contributed by atoms with van der Waals surface area (Å²) in [7, 11) is 1.64. The number of aromatic amines is 1. The maximum absolute atomic E-state index is 13.2. The van der Waals surface area contributed by atoms with Gasteiger partial charge in [0.2, 0.25) is 0 Å². The van der Waals surface area contributed by atoms with Crippen molar-refractivity contribution in [3.8, 4) is 17.1 Å². The summed E-state index contributed by atoms with van der Waals surface area (Å²) in [5.74, 6) is 1.44. The summed E-state index contributed by atoms with van der Waals surface area (Å²) in [6, 6.07) is 7.90. The van der Waals surface area contributed by atoms with Crippen molar-refractivity contribution in [2.24, 2.45) is 0 Å². The number of nitrogens with one attached hydrogen (secondary N) is 1. The summed E-state index contributed by atoms with van der Waals surface area (Å²) in [5, 5.41) is 7.40. The van der Waals surface area contributed by atoms with Crippen molar-refractivity contribution in [3.05, 3.63) is 40.8 Å². The van der Waals surface area contributed by atoms with Crippen LogP contribution in [0.5, 0.6) is 5.75 Å². The molecule has 0 radical (unpaired) electrons. The highest BCUT2D eigenvalue weighted by molar-refractivity contribution is 5.75. The van der Waals surface area contributed by atoms with E-state index < -0.39 is 0 Å². The van der Waals surface area contributed by atoms with Gasteiger partial charge in [0, 0.05) is 11.6 Å². The van der Waals surface area contributed by atoms with E-state index in [0.717, 1.165) is 37.0 Å². The third kappa shape index (κ3) is 2.92. The number of benzene rings is 1. The number of methoxy groups -OCH3 is 1. The molecule has 3 aromatic rings. The minimum absolute atomic E-state index is 0.0107. The Bertz CT molecular complexity index is 936. The molecule has 0 unspecified atom stereocenters. The zero-order valence-electron chi connectivity index (χ0n) is 14.4. The molecule has 1 N–H and O–H groups in total. The Hall–Kier alpha value is -2.63. The summed E-state index contributed by atoms with van der Waals surface area (Å²) in [5.41, 5.74) is 1.41. The van der Waals surface area contributed by atoms with Crippen LogP contribution in [0.25, 0.3) is 22.4 Å². The predicted molar refractivity (Wildman–Crippen MR) is 96.9 cm³/mol. The van der Waals surface area contributed by atoms with E-state index in [1.54, 1.807) is 13.3 Å². The highest BCUT2D eigenvalue weighted by atomic mass is 16.5. The molecular weight excluding hydrogens is 316 g/mol. The second kappa shape index (κ2) is 6.70. The fraction of sp³-hybridized carbons (Fsp3) is 0.421. The second-order valence-corrected chi connectivity index (χ2v) is 6.62. The number of hydrogen-bond donors (Lipinski definition) is 1. The highest BCUT2D eigenvalue weighted by Crippen LogP contribution is 2.31. The molecular formula is C19H22N4O2. The molecule has 1 saturated carbocycles. The number of nitrogens with zero attached hydrogens (tertiary/aromatic N) is 3. The lowest BCUT2D eigenvalue weighted by Crippen LogP contribution is -2.27. The molecule has 0 saturated heterocycles. The number of fused-ring (bicyclic) bond motifs is 1. The van der Waals surface area contributed by atoms with Crippen LogP contribution in [0.2, 0.25) is 0 Å². The van der Waals surface area contributed by atoms with Gasteiger partial charge in [-0.1, -0.05) is 37.8 Å². The lowest BCUT2D eigenvalue weighted by atomic mass is 10.1. The van der Waals surface area contributed by atoms with Gasteiger partial charge in [-0.25, -0.2) is 4.98 Å². The van der Waals surface area contributed by atoms with Crippen LogP contribution < -0.4 is 10.3 Å². The van der Waals surface area contributed by atoms with E-state index in [1.807, 2.05) is 28.8 Å².